The monoisotopic (exact) mass is 207 g/mol. The number of nitrogens with zero attached hydrogens (tertiary/aromatic N) is 2. The molecule has 0 bridgehead atoms. The number of nitrogens with one attached hydrogen (secondary N) is 1. The van der Waals surface area contributed by atoms with Crippen molar-refractivity contribution in [3.05, 3.63) is 22.7 Å². The molecule has 0 radical (unpaired) electrons. The van der Waals surface area contributed by atoms with Gasteiger partial charge >= 0.3 is 0 Å². The van der Waals surface area contributed by atoms with Gasteiger partial charge in [-0.3, -0.25) is 4.79 Å². The van der Waals surface area contributed by atoms with E-state index in [1.807, 2.05) is 0 Å². The van der Waals surface area contributed by atoms with Gasteiger partial charge in [0.2, 0.25) is 0 Å². The van der Waals surface area contributed by atoms with Gasteiger partial charge in [0.15, 0.2) is 5.82 Å². The largest absolute Gasteiger partial charge is 0.365 e. The topological polar surface area (TPSA) is 46.9 Å². The minimum absolute atomic E-state index is 0.000000000000000222. The van der Waals surface area contributed by atoms with E-state index in [2.05, 4.69) is 17.2 Å². The second kappa shape index (κ2) is 4.47. The van der Waals surface area contributed by atoms with Crippen LogP contribution >= 0.6 is 0 Å². The molecule has 1 fully saturated rings. The van der Waals surface area contributed by atoms with Crippen molar-refractivity contribution < 1.29 is 0 Å². The van der Waals surface area contributed by atoms with E-state index in [4.69, 9.17) is 0 Å². The van der Waals surface area contributed by atoms with E-state index in [1.54, 1.807) is 17.0 Å². The van der Waals surface area contributed by atoms with Gasteiger partial charge in [0.25, 0.3) is 5.56 Å². The second-order valence-corrected chi connectivity index (χ2v) is 4.10. The predicted molar refractivity (Wildman–Crippen MR) is 60.0 cm³/mol. The summed E-state index contributed by atoms with van der Waals surface area (Å²) in [7, 11) is 0. The predicted octanol–water partition coefficient (Wildman–Crippen LogP) is 1.48. The van der Waals surface area contributed by atoms with Crippen LogP contribution in [0.5, 0.6) is 0 Å². The zero-order chi connectivity index (χ0) is 10.7. The molecule has 0 unspecified atom stereocenters. The van der Waals surface area contributed by atoms with Gasteiger partial charge in [0.1, 0.15) is 0 Å². The number of aromatic nitrogens is 2. The molecule has 1 aromatic rings. The lowest BCUT2D eigenvalue weighted by Crippen LogP contribution is -2.24. The molecule has 0 atom stereocenters. The van der Waals surface area contributed by atoms with Crippen molar-refractivity contribution in [1.29, 1.82) is 0 Å². The lowest BCUT2D eigenvalue weighted by Gasteiger charge is -2.07. The Kier molecular flexibility index (Phi) is 3.04. The lowest BCUT2D eigenvalue weighted by molar-refractivity contribution is 0.649. The van der Waals surface area contributed by atoms with Crippen LogP contribution in [0.3, 0.4) is 0 Å². The van der Waals surface area contributed by atoms with Gasteiger partial charge in [0.05, 0.1) is 0 Å². The zero-order valence-electron chi connectivity index (χ0n) is 9.07. The lowest BCUT2D eigenvalue weighted by atomic mass is 10.4. The highest BCUT2D eigenvalue weighted by Crippen LogP contribution is 2.28. The Morgan fingerprint density at radius 1 is 1.60 bits per heavy atom. The molecule has 1 N–H and O–H groups in total. The summed E-state index contributed by atoms with van der Waals surface area (Å²) in [5, 5.41) is 3.13. The molecule has 82 valence electrons. The summed E-state index contributed by atoms with van der Waals surface area (Å²) in [6, 6.07) is 0. The van der Waals surface area contributed by atoms with Gasteiger partial charge in [-0.05, 0) is 25.2 Å². The van der Waals surface area contributed by atoms with Crippen molar-refractivity contribution in [3.8, 4) is 0 Å². The molecule has 1 aliphatic rings. The Balaban J connectivity index is 2.08. The van der Waals surface area contributed by atoms with E-state index >= 15 is 0 Å². The highest BCUT2D eigenvalue weighted by molar-refractivity contribution is 5.30. The third-order valence-corrected chi connectivity index (χ3v) is 2.63. The molecule has 1 heterocycles. The Morgan fingerprint density at radius 3 is 3.07 bits per heavy atom. The maximum atomic E-state index is 11.8. The molecule has 1 aliphatic carbocycles. The summed E-state index contributed by atoms with van der Waals surface area (Å²) in [4.78, 5) is 15.9. The Hall–Kier alpha value is -1.32. The van der Waals surface area contributed by atoms with Crippen molar-refractivity contribution in [3.63, 3.8) is 0 Å². The Labute approximate surface area is 89.3 Å². The minimum Gasteiger partial charge on any atom is -0.365 e. The molecular weight excluding hydrogens is 190 g/mol. The molecule has 15 heavy (non-hydrogen) atoms. The summed E-state index contributed by atoms with van der Waals surface area (Å²) in [6.07, 6.45) is 6.96. The first-order chi connectivity index (χ1) is 7.31. The average molecular weight is 207 g/mol. The quantitative estimate of drug-likeness (QED) is 0.795. The van der Waals surface area contributed by atoms with Crippen LogP contribution in [-0.4, -0.2) is 16.1 Å². The first kappa shape index (κ1) is 10.2. The average Bonchev–Trinajstić information content (AvgIpc) is 3.03. The molecule has 2 rings (SSSR count). The van der Waals surface area contributed by atoms with Gasteiger partial charge in [-0.25, -0.2) is 4.98 Å². The molecule has 0 aromatic carbocycles. The van der Waals surface area contributed by atoms with E-state index in [0.29, 0.717) is 5.82 Å². The van der Waals surface area contributed by atoms with Crippen LogP contribution in [0, 0.1) is 5.92 Å². The Bertz CT molecular complexity index is 382. The van der Waals surface area contributed by atoms with E-state index < -0.39 is 0 Å². The molecule has 4 nitrogen and oxygen atoms in total. The summed E-state index contributed by atoms with van der Waals surface area (Å²) >= 11 is 0. The number of anilines is 1. The van der Waals surface area contributed by atoms with Crippen molar-refractivity contribution in [2.24, 2.45) is 5.92 Å². The Morgan fingerprint density at radius 2 is 2.40 bits per heavy atom. The second-order valence-electron chi connectivity index (χ2n) is 4.10. The van der Waals surface area contributed by atoms with Crippen LogP contribution < -0.4 is 10.9 Å². The maximum Gasteiger partial charge on any atom is 0.293 e. The fourth-order valence-corrected chi connectivity index (χ4v) is 1.55. The van der Waals surface area contributed by atoms with Crippen molar-refractivity contribution in [1.82, 2.24) is 9.55 Å². The molecule has 0 aliphatic heterocycles. The fourth-order valence-electron chi connectivity index (χ4n) is 1.55. The third kappa shape index (κ3) is 2.58. The number of aryl methyl sites for hydroxylation is 1. The molecule has 1 aromatic heterocycles. The fraction of sp³-hybridized carbons (Fsp3) is 0.636. The summed E-state index contributed by atoms with van der Waals surface area (Å²) in [5.41, 5.74) is 0.000000000000000222. The van der Waals surface area contributed by atoms with E-state index in [9.17, 15) is 4.79 Å². The molecule has 0 spiro atoms. The highest BCUT2D eigenvalue weighted by Gasteiger charge is 2.21. The minimum atomic E-state index is 0.000000000000000222. The van der Waals surface area contributed by atoms with E-state index in [1.165, 1.54) is 12.8 Å². The number of rotatable bonds is 5. The van der Waals surface area contributed by atoms with Crippen LogP contribution in [0.15, 0.2) is 17.2 Å². The summed E-state index contributed by atoms with van der Waals surface area (Å²) < 4.78 is 1.71. The molecule has 4 heteroatoms. The normalized spacial score (nSPS) is 15.3. The van der Waals surface area contributed by atoms with Crippen molar-refractivity contribution >= 4 is 5.82 Å². The zero-order valence-corrected chi connectivity index (χ0v) is 9.07. The summed E-state index contributed by atoms with van der Waals surface area (Å²) in [5.74, 6) is 1.25. The molecule has 1 saturated carbocycles. The van der Waals surface area contributed by atoms with Crippen LogP contribution in [-0.2, 0) is 6.54 Å². The number of hydrogen-bond acceptors (Lipinski definition) is 3. The van der Waals surface area contributed by atoms with Gasteiger partial charge in [-0.2, -0.15) is 0 Å². The summed E-state index contributed by atoms with van der Waals surface area (Å²) in [6.45, 7) is 3.71. The first-order valence-corrected chi connectivity index (χ1v) is 5.60. The maximum absolute atomic E-state index is 11.8. The van der Waals surface area contributed by atoms with Gasteiger partial charge in [0, 0.05) is 25.5 Å². The standard InChI is InChI=1S/C11H17N3O/c1-2-6-14-7-5-12-10(11(14)15)13-8-9-3-4-9/h5,7,9H,2-4,6,8H2,1H3,(H,12,13). The van der Waals surface area contributed by atoms with Gasteiger partial charge in [-0.1, -0.05) is 6.92 Å². The van der Waals surface area contributed by atoms with Gasteiger partial charge in [-0.15, -0.1) is 0 Å². The number of hydrogen-bond donors (Lipinski definition) is 1. The highest BCUT2D eigenvalue weighted by atomic mass is 16.1. The van der Waals surface area contributed by atoms with E-state index in [0.717, 1.165) is 25.4 Å². The van der Waals surface area contributed by atoms with Crippen LogP contribution in [0.2, 0.25) is 0 Å². The van der Waals surface area contributed by atoms with Crippen LogP contribution in [0.1, 0.15) is 26.2 Å². The molecule has 0 saturated heterocycles. The van der Waals surface area contributed by atoms with Crippen LogP contribution in [0.25, 0.3) is 0 Å². The molecule has 0 amide bonds. The van der Waals surface area contributed by atoms with Crippen LogP contribution in [0.4, 0.5) is 5.82 Å². The molecular formula is C11H17N3O. The van der Waals surface area contributed by atoms with E-state index in [-0.39, 0.29) is 5.56 Å². The third-order valence-electron chi connectivity index (χ3n) is 2.63. The van der Waals surface area contributed by atoms with Crippen molar-refractivity contribution in [2.75, 3.05) is 11.9 Å². The SMILES string of the molecule is CCCn1ccnc(NCC2CC2)c1=O. The first-order valence-electron chi connectivity index (χ1n) is 5.60. The van der Waals surface area contributed by atoms with Gasteiger partial charge < -0.3 is 9.88 Å². The van der Waals surface area contributed by atoms with Crippen molar-refractivity contribution in [2.45, 2.75) is 32.7 Å². The smallest absolute Gasteiger partial charge is 0.293 e.